The van der Waals surface area contributed by atoms with Gasteiger partial charge in [-0.3, -0.25) is 9.13 Å². The second kappa shape index (κ2) is 7.56. The SMILES string of the molecule is CCCn1cc(-c2ccnc(NC(C)C)c2)n(-c2ccc(F)cc2)c1=O. The van der Waals surface area contributed by atoms with Crippen molar-refractivity contribution in [3.63, 3.8) is 0 Å². The van der Waals surface area contributed by atoms with Gasteiger partial charge in [0.2, 0.25) is 0 Å². The molecule has 0 radical (unpaired) electrons. The number of rotatable bonds is 6. The maximum Gasteiger partial charge on any atom is 0.333 e. The van der Waals surface area contributed by atoms with Gasteiger partial charge >= 0.3 is 5.69 Å². The highest BCUT2D eigenvalue weighted by molar-refractivity contribution is 5.65. The first-order chi connectivity index (χ1) is 12.5. The zero-order valence-corrected chi connectivity index (χ0v) is 15.2. The second-order valence-electron chi connectivity index (χ2n) is 6.53. The number of nitrogens with zero attached hydrogens (tertiary/aromatic N) is 3. The topological polar surface area (TPSA) is 51.9 Å². The van der Waals surface area contributed by atoms with Gasteiger partial charge in [-0.25, -0.2) is 14.2 Å². The van der Waals surface area contributed by atoms with Crippen molar-refractivity contribution in [3.05, 3.63) is 65.1 Å². The molecule has 1 aromatic carbocycles. The average molecular weight is 354 g/mol. The molecule has 0 amide bonds. The number of aromatic nitrogens is 3. The minimum atomic E-state index is -0.330. The molecule has 3 aromatic rings. The summed E-state index contributed by atoms with van der Waals surface area (Å²) in [6.45, 7) is 6.74. The van der Waals surface area contributed by atoms with E-state index in [1.165, 1.54) is 12.1 Å². The number of aryl methyl sites for hydroxylation is 1. The molecule has 136 valence electrons. The molecule has 0 fully saturated rings. The van der Waals surface area contributed by atoms with Crippen LogP contribution in [0.2, 0.25) is 0 Å². The van der Waals surface area contributed by atoms with Gasteiger partial charge in [0.05, 0.1) is 11.4 Å². The van der Waals surface area contributed by atoms with Crippen molar-refractivity contribution in [2.45, 2.75) is 39.8 Å². The van der Waals surface area contributed by atoms with Crippen molar-refractivity contribution >= 4 is 5.82 Å². The van der Waals surface area contributed by atoms with E-state index in [9.17, 15) is 9.18 Å². The Bertz CT molecular complexity index is 941. The van der Waals surface area contributed by atoms with Gasteiger partial charge in [-0.2, -0.15) is 0 Å². The molecule has 0 bridgehead atoms. The van der Waals surface area contributed by atoms with E-state index in [1.54, 1.807) is 27.5 Å². The van der Waals surface area contributed by atoms with Crippen molar-refractivity contribution in [3.8, 4) is 16.9 Å². The molecule has 0 aliphatic rings. The van der Waals surface area contributed by atoms with E-state index in [-0.39, 0.29) is 17.5 Å². The smallest absolute Gasteiger partial charge is 0.333 e. The van der Waals surface area contributed by atoms with Gasteiger partial charge in [-0.15, -0.1) is 0 Å². The van der Waals surface area contributed by atoms with E-state index in [4.69, 9.17) is 0 Å². The Morgan fingerprint density at radius 1 is 1.19 bits per heavy atom. The summed E-state index contributed by atoms with van der Waals surface area (Å²) in [5.74, 6) is 0.419. The Morgan fingerprint density at radius 2 is 1.92 bits per heavy atom. The molecule has 6 heteroatoms. The van der Waals surface area contributed by atoms with Gasteiger partial charge in [0.15, 0.2) is 0 Å². The van der Waals surface area contributed by atoms with E-state index < -0.39 is 0 Å². The Labute approximate surface area is 152 Å². The minimum Gasteiger partial charge on any atom is -0.368 e. The van der Waals surface area contributed by atoms with Crippen molar-refractivity contribution in [1.82, 2.24) is 14.1 Å². The third-order valence-electron chi connectivity index (χ3n) is 4.00. The van der Waals surface area contributed by atoms with Crippen LogP contribution in [0.3, 0.4) is 0 Å². The van der Waals surface area contributed by atoms with Gasteiger partial charge < -0.3 is 5.32 Å². The lowest BCUT2D eigenvalue weighted by molar-refractivity contribution is 0.626. The molecule has 0 saturated carbocycles. The van der Waals surface area contributed by atoms with E-state index >= 15 is 0 Å². The van der Waals surface area contributed by atoms with Crippen molar-refractivity contribution in [2.24, 2.45) is 0 Å². The molecule has 2 aromatic heterocycles. The summed E-state index contributed by atoms with van der Waals surface area (Å²) in [5.41, 5.74) is 2.13. The van der Waals surface area contributed by atoms with Crippen LogP contribution in [-0.2, 0) is 6.54 Å². The first kappa shape index (κ1) is 17.9. The van der Waals surface area contributed by atoms with Crippen LogP contribution in [0.5, 0.6) is 0 Å². The van der Waals surface area contributed by atoms with Crippen LogP contribution in [0.25, 0.3) is 16.9 Å². The molecule has 0 aliphatic heterocycles. The minimum absolute atomic E-state index is 0.136. The van der Waals surface area contributed by atoms with Gasteiger partial charge in [-0.05, 0) is 56.7 Å². The van der Waals surface area contributed by atoms with Gasteiger partial charge in [-0.1, -0.05) is 6.92 Å². The summed E-state index contributed by atoms with van der Waals surface area (Å²) in [6, 6.07) is 10.0. The Balaban J connectivity index is 2.16. The second-order valence-corrected chi connectivity index (χ2v) is 6.53. The van der Waals surface area contributed by atoms with E-state index in [1.807, 2.05) is 39.1 Å². The van der Waals surface area contributed by atoms with Crippen molar-refractivity contribution in [1.29, 1.82) is 0 Å². The lowest BCUT2D eigenvalue weighted by atomic mass is 10.2. The maximum atomic E-state index is 13.3. The molecule has 0 spiro atoms. The van der Waals surface area contributed by atoms with Gasteiger partial charge in [0, 0.05) is 30.5 Å². The van der Waals surface area contributed by atoms with E-state index in [2.05, 4.69) is 10.3 Å². The van der Waals surface area contributed by atoms with Gasteiger partial charge in [0.1, 0.15) is 11.6 Å². The normalized spacial score (nSPS) is 11.1. The first-order valence-corrected chi connectivity index (χ1v) is 8.80. The third kappa shape index (κ3) is 3.69. The fourth-order valence-electron chi connectivity index (χ4n) is 2.90. The number of anilines is 1. The summed E-state index contributed by atoms with van der Waals surface area (Å²) in [4.78, 5) is 17.2. The Morgan fingerprint density at radius 3 is 2.58 bits per heavy atom. The van der Waals surface area contributed by atoms with Crippen molar-refractivity contribution < 1.29 is 4.39 Å². The van der Waals surface area contributed by atoms with Crippen molar-refractivity contribution in [2.75, 3.05) is 5.32 Å². The average Bonchev–Trinajstić information content (AvgIpc) is 2.93. The van der Waals surface area contributed by atoms with E-state index in [0.717, 1.165) is 23.5 Å². The molecular weight excluding hydrogens is 331 g/mol. The molecule has 26 heavy (non-hydrogen) atoms. The number of hydrogen-bond donors (Lipinski definition) is 1. The lowest BCUT2D eigenvalue weighted by Gasteiger charge is -2.11. The number of pyridine rings is 1. The first-order valence-electron chi connectivity index (χ1n) is 8.80. The van der Waals surface area contributed by atoms with Crippen LogP contribution in [0.1, 0.15) is 27.2 Å². The van der Waals surface area contributed by atoms with E-state index in [0.29, 0.717) is 12.2 Å². The number of nitrogens with one attached hydrogen (secondary N) is 1. The zero-order valence-electron chi connectivity index (χ0n) is 15.2. The quantitative estimate of drug-likeness (QED) is 0.726. The van der Waals surface area contributed by atoms with Crippen LogP contribution in [0.4, 0.5) is 10.2 Å². The maximum absolute atomic E-state index is 13.3. The molecule has 2 heterocycles. The standard InChI is InChI=1S/C20H23FN4O/c1-4-11-24-13-18(15-9-10-22-19(12-15)23-14(2)3)25(20(24)26)17-7-5-16(21)6-8-17/h5-10,12-14H,4,11H2,1-3H3,(H,22,23). The highest BCUT2D eigenvalue weighted by Gasteiger charge is 2.15. The highest BCUT2D eigenvalue weighted by atomic mass is 19.1. The Kier molecular flexibility index (Phi) is 5.21. The number of halogens is 1. The molecule has 5 nitrogen and oxygen atoms in total. The van der Waals surface area contributed by atoms with Crippen LogP contribution >= 0.6 is 0 Å². The summed E-state index contributed by atoms with van der Waals surface area (Å²) >= 11 is 0. The number of benzene rings is 1. The molecule has 0 unspecified atom stereocenters. The number of hydrogen-bond acceptors (Lipinski definition) is 3. The molecule has 1 N–H and O–H groups in total. The summed E-state index contributed by atoms with van der Waals surface area (Å²) in [7, 11) is 0. The lowest BCUT2D eigenvalue weighted by Crippen LogP contribution is -2.23. The number of imidazole rings is 1. The predicted octanol–water partition coefficient (Wildman–Crippen LogP) is 4.07. The molecule has 0 atom stereocenters. The van der Waals surface area contributed by atoms with Crippen LogP contribution in [-0.4, -0.2) is 20.2 Å². The third-order valence-corrected chi connectivity index (χ3v) is 4.00. The molecular formula is C20H23FN4O. The molecule has 0 saturated heterocycles. The monoisotopic (exact) mass is 354 g/mol. The van der Waals surface area contributed by atoms with Crippen LogP contribution in [0, 0.1) is 5.82 Å². The zero-order chi connectivity index (χ0) is 18.7. The largest absolute Gasteiger partial charge is 0.368 e. The summed E-state index contributed by atoms with van der Waals surface area (Å²) in [6.07, 6.45) is 4.42. The highest BCUT2D eigenvalue weighted by Crippen LogP contribution is 2.24. The van der Waals surface area contributed by atoms with Crippen LogP contribution in [0.15, 0.2) is 53.6 Å². The van der Waals surface area contributed by atoms with Crippen LogP contribution < -0.4 is 11.0 Å². The fourth-order valence-corrected chi connectivity index (χ4v) is 2.90. The molecule has 3 rings (SSSR count). The summed E-state index contributed by atoms with van der Waals surface area (Å²) in [5, 5.41) is 3.27. The predicted molar refractivity (Wildman–Crippen MR) is 102 cm³/mol. The Hall–Kier alpha value is -2.89. The van der Waals surface area contributed by atoms with Gasteiger partial charge in [0.25, 0.3) is 0 Å². The molecule has 0 aliphatic carbocycles. The summed E-state index contributed by atoms with van der Waals surface area (Å²) < 4.78 is 16.6. The fraction of sp³-hybridized carbons (Fsp3) is 0.300.